The molecule has 2 aromatic carbocycles. The highest BCUT2D eigenvalue weighted by Crippen LogP contribution is 2.35. The maximum Gasteiger partial charge on any atom is 0.337 e. The number of carbonyl (C=O) groups is 1. The van der Waals surface area contributed by atoms with Crippen molar-refractivity contribution < 1.29 is 18.7 Å². The van der Waals surface area contributed by atoms with Gasteiger partial charge >= 0.3 is 5.97 Å². The Morgan fingerprint density at radius 3 is 2.66 bits per heavy atom. The fourth-order valence-electron chi connectivity index (χ4n) is 4.65. The SMILES string of the molecule is COC(=O)c1ccc(C2CN(CCF)CCN2Cc2c(OC)cc(C)c3[nH]ccc23)cc1. The van der Waals surface area contributed by atoms with E-state index < -0.39 is 0 Å². The molecule has 1 aliphatic rings. The first-order chi connectivity index (χ1) is 15.5. The summed E-state index contributed by atoms with van der Waals surface area (Å²) in [5.41, 5.74) is 5.03. The number of halogens is 1. The van der Waals surface area contributed by atoms with Crippen LogP contribution in [0.1, 0.15) is 33.1 Å². The normalized spacial score (nSPS) is 17.6. The molecular weight excluding hydrogens is 409 g/mol. The average Bonchev–Trinajstić information content (AvgIpc) is 3.32. The number of hydrogen-bond acceptors (Lipinski definition) is 5. The van der Waals surface area contributed by atoms with Crippen LogP contribution in [0.25, 0.3) is 10.9 Å². The van der Waals surface area contributed by atoms with E-state index >= 15 is 0 Å². The number of methoxy groups -OCH3 is 2. The molecule has 7 heteroatoms. The van der Waals surface area contributed by atoms with Crippen LogP contribution in [0.2, 0.25) is 0 Å². The fraction of sp³-hybridized carbons (Fsp3) is 0.400. The predicted molar refractivity (Wildman–Crippen MR) is 123 cm³/mol. The van der Waals surface area contributed by atoms with Crippen LogP contribution in [0, 0.1) is 6.92 Å². The molecule has 4 rings (SSSR count). The van der Waals surface area contributed by atoms with Gasteiger partial charge in [-0.05, 0) is 42.3 Å². The molecule has 2 heterocycles. The zero-order chi connectivity index (χ0) is 22.7. The number of aromatic nitrogens is 1. The van der Waals surface area contributed by atoms with Crippen LogP contribution in [-0.2, 0) is 11.3 Å². The Hall–Kier alpha value is -2.90. The van der Waals surface area contributed by atoms with E-state index in [0.717, 1.165) is 53.0 Å². The van der Waals surface area contributed by atoms with E-state index in [-0.39, 0.29) is 18.7 Å². The zero-order valence-corrected chi connectivity index (χ0v) is 18.9. The quantitative estimate of drug-likeness (QED) is 0.562. The number of alkyl halides is 1. The van der Waals surface area contributed by atoms with Gasteiger partial charge in [0, 0.05) is 61.4 Å². The molecule has 1 aromatic heterocycles. The lowest BCUT2D eigenvalue weighted by atomic mass is 9.98. The van der Waals surface area contributed by atoms with Gasteiger partial charge in [0.1, 0.15) is 12.4 Å². The molecule has 1 fully saturated rings. The Morgan fingerprint density at radius 2 is 1.97 bits per heavy atom. The van der Waals surface area contributed by atoms with E-state index in [1.807, 2.05) is 18.3 Å². The summed E-state index contributed by atoms with van der Waals surface area (Å²) < 4.78 is 23.7. The number of H-pyrrole nitrogens is 1. The molecule has 0 spiro atoms. The number of nitrogens with zero attached hydrogens (tertiary/aromatic N) is 2. The molecule has 1 saturated heterocycles. The van der Waals surface area contributed by atoms with Crippen molar-refractivity contribution in [1.82, 2.24) is 14.8 Å². The summed E-state index contributed by atoms with van der Waals surface area (Å²) in [7, 11) is 3.09. The molecule has 1 N–H and O–H groups in total. The van der Waals surface area contributed by atoms with Crippen LogP contribution in [0.4, 0.5) is 4.39 Å². The maximum absolute atomic E-state index is 13.1. The number of rotatable bonds is 7. The molecule has 3 aromatic rings. The van der Waals surface area contributed by atoms with Crippen molar-refractivity contribution >= 4 is 16.9 Å². The number of carbonyl (C=O) groups excluding carboxylic acids is 1. The number of nitrogens with one attached hydrogen (secondary N) is 1. The summed E-state index contributed by atoms with van der Waals surface area (Å²) in [6.45, 7) is 5.21. The Kier molecular flexibility index (Phi) is 6.77. The minimum absolute atomic E-state index is 0.0713. The fourth-order valence-corrected chi connectivity index (χ4v) is 4.65. The van der Waals surface area contributed by atoms with E-state index in [1.54, 1.807) is 19.2 Å². The van der Waals surface area contributed by atoms with Gasteiger partial charge < -0.3 is 14.5 Å². The second-order valence-corrected chi connectivity index (χ2v) is 8.23. The van der Waals surface area contributed by atoms with Gasteiger partial charge in [0.05, 0.1) is 19.8 Å². The number of aromatic amines is 1. The van der Waals surface area contributed by atoms with Crippen LogP contribution >= 0.6 is 0 Å². The second-order valence-electron chi connectivity index (χ2n) is 8.23. The van der Waals surface area contributed by atoms with Crippen molar-refractivity contribution in [3.05, 3.63) is 64.8 Å². The minimum Gasteiger partial charge on any atom is -0.496 e. The summed E-state index contributed by atoms with van der Waals surface area (Å²) in [6, 6.07) is 11.8. The van der Waals surface area contributed by atoms with Crippen LogP contribution in [-0.4, -0.2) is 67.8 Å². The Labute approximate surface area is 187 Å². The van der Waals surface area contributed by atoms with Crippen molar-refractivity contribution in [2.24, 2.45) is 0 Å². The molecule has 1 unspecified atom stereocenters. The van der Waals surface area contributed by atoms with Crippen molar-refractivity contribution in [1.29, 1.82) is 0 Å². The van der Waals surface area contributed by atoms with Gasteiger partial charge in [-0.25, -0.2) is 9.18 Å². The lowest BCUT2D eigenvalue weighted by molar-refractivity contribution is 0.0598. The van der Waals surface area contributed by atoms with Crippen LogP contribution in [0.15, 0.2) is 42.6 Å². The average molecular weight is 440 g/mol. The van der Waals surface area contributed by atoms with Crippen molar-refractivity contribution in [3.63, 3.8) is 0 Å². The molecule has 170 valence electrons. The molecule has 6 nitrogen and oxygen atoms in total. The molecular formula is C25H30FN3O3. The standard InChI is InChI=1S/C25H30FN3O3/c1-17-14-23(31-2)21(20-8-10-27-24(17)20)15-29-13-12-28(11-9-26)16-22(29)18-4-6-19(7-5-18)25(30)32-3/h4-8,10,14,22,27H,9,11-13,15-16H2,1-3H3. The van der Waals surface area contributed by atoms with Gasteiger partial charge in [-0.15, -0.1) is 0 Å². The van der Waals surface area contributed by atoms with Crippen LogP contribution in [0.3, 0.4) is 0 Å². The highest BCUT2D eigenvalue weighted by molar-refractivity contribution is 5.89. The van der Waals surface area contributed by atoms with Gasteiger partial charge in [0.25, 0.3) is 0 Å². The van der Waals surface area contributed by atoms with Crippen LogP contribution < -0.4 is 4.74 Å². The van der Waals surface area contributed by atoms with Crippen molar-refractivity contribution in [3.8, 4) is 5.75 Å². The van der Waals surface area contributed by atoms with E-state index in [0.29, 0.717) is 18.7 Å². The van der Waals surface area contributed by atoms with Gasteiger partial charge in [0.15, 0.2) is 0 Å². The van der Waals surface area contributed by atoms with Gasteiger partial charge in [-0.2, -0.15) is 0 Å². The van der Waals surface area contributed by atoms with E-state index in [2.05, 4.69) is 33.8 Å². The highest BCUT2D eigenvalue weighted by atomic mass is 19.1. The largest absolute Gasteiger partial charge is 0.496 e. The summed E-state index contributed by atoms with van der Waals surface area (Å²) in [6.07, 6.45) is 1.96. The number of aryl methyl sites for hydroxylation is 1. The molecule has 1 aliphatic heterocycles. The third-order valence-corrected chi connectivity index (χ3v) is 6.39. The number of piperazine rings is 1. The predicted octanol–water partition coefficient (Wildman–Crippen LogP) is 4.10. The monoisotopic (exact) mass is 439 g/mol. The van der Waals surface area contributed by atoms with Gasteiger partial charge in [-0.3, -0.25) is 9.80 Å². The number of esters is 1. The molecule has 0 radical (unpaired) electrons. The molecule has 0 aliphatic carbocycles. The van der Waals surface area contributed by atoms with E-state index in [4.69, 9.17) is 9.47 Å². The van der Waals surface area contributed by atoms with E-state index in [9.17, 15) is 9.18 Å². The first-order valence-corrected chi connectivity index (χ1v) is 10.9. The first kappa shape index (κ1) is 22.3. The topological polar surface area (TPSA) is 57.8 Å². The first-order valence-electron chi connectivity index (χ1n) is 10.9. The molecule has 32 heavy (non-hydrogen) atoms. The number of fused-ring (bicyclic) bond motifs is 1. The lowest BCUT2D eigenvalue weighted by Crippen LogP contribution is -2.48. The maximum atomic E-state index is 13.1. The van der Waals surface area contributed by atoms with Gasteiger partial charge in [0.2, 0.25) is 0 Å². The van der Waals surface area contributed by atoms with Crippen LogP contribution in [0.5, 0.6) is 5.75 Å². The molecule has 0 saturated carbocycles. The molecule has 0 bridgehead atoms. The number of hydrogen-bond donors (Lipinski definition) is 1. The van der Waals surface area contributed by atoms with Gasteiger partial charge in [-0.1, -0.05) is 12.1 Å². The molecule has 1 atom stereocenters. The molecule has 0 amide bonds. The summed E-state index contributed by atoms with van der Waals surface area (Å²) >= 11 is 0. The van der Waals surface area contributed by atoms with Crippen molar-refractivity contribution in [2.75, 3.05) is 47.1 Å². The summed E-state index contributed by atoms with van der Waals surface area (Å²) in [5.74, 6) is 0.524. The highest BCUT2D eigenvalue weighted by Gasteiger charge is 2.29. The third-order valence-electron chi connectivity index (χ3n) is 6.39. The second kappa shape index (κ2) is 9.71. The Morgan fingerprint density at radius 1 is 1.19 bits per heavy atom. The summed E-state index contributed by atoms with van der Waals surface area (Å²) in [5, 5.41) is 1.16. The lowest BCUT2D eigenvalue weighted by Gasteiger charge is -2.42. The Bertz CT molecular complexity index is 1080. The minimum atomic E-state index is -0.357. The zero-order valence-electron chi connectivity index (χ0n) is 18.9. The Balaban J connectivity index is 1.67. The van der Waals surface area contributed by atoms with Crippen molar-refractivity contribution in [2.45, 2.75) is 19.5 Å². The number of benzene rings is 2. The number of ether oxygens (including phenoxy) is 2. The third kappa shape index (κ3) is 4.36. The smallest absolute Gasteiger partial charge is 0.337 e. The van der Waals surface area contributed by atoms with E-state index in [1.165, 1.54) is 7.11 Å². The summed E-state index contributed by atoms with van der Waals surface area (Å²) in [4.78, 5) is 19.8.